The molecule has 0 saturated carbocycles. The fourth-order valence-corrected chi connectivity index (χ4v) is 0.995. The summed E-state index contributed by atoms with van der Waals surface area (Å²) in [6, 6.07) is 0. The van der Waals surface area contributed by atoms with Crippen LogP contribution < -0.4 is 4.91 Å². The molecule has 0 bridgehead atoms. The zero-order valence-corrected chi connectivity index (χ0v) is 5.03. The van der Waals surface area contributed by atoms with Crippen LogP contribution in [0.4, 0.5) is 0 Å². The van der Waals surface area contributed by atoms with Gasteiger partial charge >= 0.3 is 0 Å². The lowest BCUT2D eigenvalue weighted by Crippen LogP contribution is -2.06. The van der Waals surface area contributed by atoms with Gasteiger partial charge in [-0.05, 0) is 0 Å². The predicted octanol–water partition coefficient (Wildman–Crippen LogP) is 0.253. The molecule has 1 rings (SSSR count). The zero-order valence-electron chi connectivity index (χ0n) is 4.22. The molecule has 0 unspecified atom stereocenters. The molecular formula is C4H6BNS. The fraction of sp³-hybridized carbons (Fsp3) is 0.250. The number of rotatable bonds is 1. The Labute approximate surface area is 47.6 Å². The zero-order chi connectivity index (χ0) is 5.11. The van der Waals surface area contributed by atoms with Crippen LogP contribution in [0.1, 0.15) is 0 Å². The lowest BCUT2D eigenvalue weighted by Gasteiger charge is -1.74. The Balaban J connectivity index is 2.76. The van der Waals surface area contributed by atoms with Gasteiger partial charge in [-0.2, -0.15) is 0 Å². The van der Waals surface area contributed by atoms with Gasteiger partial charge in [0, 0.05) is 16.5 Å². The third-order valence-electron chi connectivity index (χ3n) is 0.786. The molecule has 0 N–H and O–H groups in total. The van der Waals surface area contributed by atoms with E-state index in [1.54, 1.807) is 11.3 Å². The van der Waals surface area contributed by atoms with Crippen LogP contribution in [0.25, 0.3) is 0 Å². The van der Waals surface area contributed by atoms with Gasteiger partial charge in [0.2, 0.25) is 0 Å². The number of aromatic nitrogens is 1. The Bertz CT molecular complexity index is 126. The Morgan fingerprint density at radius 3 is 3.00 bits per heavy atom. The Morgan fingerprint density at radius 1 is 1.86 bits per heavy atom. The lowest BCUT2D eigenvalue weighted by molar-refractivity contribution is 1.47. The van der Waals surface area contributed by atoms with Gasteiger partial charge in [0.1, 0.15) is 0 Å². The highest BCUT2D eigenvalue weighted by atomic mass is 32.1. The summed E-state index contributed by atoms with van der Waals surface area (Å²) in [5.41, 5.74) is 0. The molecule has 0 amide bonds. The summed E-state index contributed by atoms with van der Waals surface area (Å²) in [7, 11) is 1.07. The second kappa shape index (κ2) is 2.12. The quantitative estimate of drug-likeness (QED) is 0.473. The molecule has 0 fully saturated rings. The van der Waals surface area contributed by atoms with E-state index in [9.17, 15) is 0 Å². The summed E-state index contributed by atoms with van der Waals surface area (Å²) < 4.78 is 0. The molecule has 3 heteroatoms. The molecule has 36 valence electrons. The first-order chi connectivity index (χ1) is 3.43. The van der Waals surface area contributed by atoms with E-state index in [1.165, 1.54) is 4.91 Å². The van der Waals surface area contributed by atoms with Crippen LogP contribution in [0, 0.1) is 0 Å². The van der Waals surface area contributed by atoms with Gasteiger partial charge in [0.25, 0.3) is 0 Å². The summed E-state index contributed by atoms with van der Waals surface area (Å²) in [6.07, 6.45) is 1.84. The minimum Gasteiger partial charge on any atom is -0.261 e. The van der Waals surface area contributed by atoms with Crippen molar-refractivity contribution >= 4 is 23.5 Å². The fourth-order valence-electron chi connectivity index (χ4n) is 0.428. The van der Waals surface area contributed by atoms with Crippen molar-refractivity contribution in [3.05, 3.63) is 11.6 Å². The normalized spacial score (nSPS) is 8.71. The van der Waals surface area contributed by atoms with Crippen molar-refractivity contribution in [1.82, 2.24) is 4.98 Å². The summed E-state index contributed by atoms with van der Waals surface area (Å²) in [4.78, 5) is 5.28. The van der Waals surface area contributed by atoms with Crippen molar-refractivity contribution in [3.8, 4) is 0 Å². The molecule has 0 aromatic carbocycles. The standard InChI is InChI=1S/C4H6BNS/c1-5-4-6-2-3-7-4/h2-3,5H,1H3. The maximum absolute atomic E-state index is 4.05. The molecule has 7 heavy (non-hydrogen) atoms. The molecule has 0 spiro atoms. The monoisotopic (exact) mass is 111 g/mol. The molecule has 1 aromatic heterocycles. The number of hydrogen-bond donors (Lipinski definition) is 0. The van der Waals surface area contributed by atoms with Crippen molar-refractivity contribution in [1.29, 1.82) is 0 Å². The second-order valence-electron chi connectivity index (χ2n) is 1.28. The highest BCUT2D eigenvalue weighted by molar-refractivity contribution is 7.19. The highest BCUT2D eigenvalue weighted by Gasteiger charge is 1.87. The number of thiazole rings is 1. The third kappa shape index (κ3) is 1.03. The SMILES string of the molecule is CBc1nccs1. The molecule has 1 heterocycles. The van der Waals surface area contributed by atoms with Gasteiger partial charge in [-0.3, -0.25) is 4.98 Å². The number of hydrogen-bond acceptors (Lipinski definition) is 2. The van der Waals surface area contributed by atoms with Crippen LogP contribution in [-0.2, 0) is 0 Å². The van der Waals surface area contributed by atoms with E-state index in [0.717, 1.165) is 7.28 Å². The minimum atomic E-state index is 1.07. The van der Waals surface area contributed by atoms with Crippen molar-refractivity contribution in [2.45, 2.75) is 6.82 Å². The van der Waals surface area contributed by atoms with Crippen molar-refractivity contribution < 1.29 is 0 Å². The van der Waals surface area contributed by atoms with E-state index in [1.807, 2.05) is 11.6 Å². The minimum absolute atomic E-state index is 1.07. The van der Waals surface area contributed by atoms with Crippen LogP contribution in [0.5, 0.6) is 0 Å². The van der Waals surface area contributed by atoms with E-state index in [0.29, 0.717) is 0 Å². The lowest BCUT2D eigenvalue weighted by atomic mass is 9.84. The largest absolute Gasteiger partial charge is 0.261 e. The third-order valence-corrected chi connectivity index (χ3v) is 1.71. The number of nitrogens with zero attached hydrogens (tertiary/aromatic N) is 1. The topological polar surface area (TPSA) is 12.9 Å². The highest BCUT2D eigenvalue weighted by Crippen LogP contribution is 1.84. The molecule has 0 aliphatic carbocycles. The van der Waals surface area contributed by atoms with Crippen LogP contribution in [0.3, 0.4) is 0 Å². The van der Waals surface area contributed by atoms with Gasteiger partial charge in [-0.15, -0.1) is 11.3 Å². The summed E-state index contributed by atoms with van der Waals surface area (Å²) in [5.74, 6) is 0. The molecule has 0 radical (unpaired) electrons. The smallest absolute Gasteiger partial charge is 0.192 e. The Hall–Kier alpha value is -0.305. The van der Waals surface area contributed by atoms with Crippen molar-refractivity contribution in [3.63, 3.8) is 0 Å². The van der Waals surface area contributed by atoms with E-state index < -0.39 is 0 Å². The summed E-state index contributed by atoms with van der Waals surface area (Å²) in [5, 5.41) is 2.00. The second-order valence-corrected chi connectivity index (χ2v) is 2.26. The molecular weight excluding hydrogens is 105 g/mol. The Morgan fingerprint density at radius 2 is 2.71 bits per heavy atom. The van der Waals surface area contributed by atoms with E-state index >= 15 is 0 Å². The first-order valence-corrected chi connectivity index (χ1v) is 3.20. The average molecular weight is 111 g/mol. The Kier molecular flexibility index (Phi) is 1.47. The van der Waals surface area contributed by atoms with Gasteiger partial charge in [-0.1, -0.05) is 6.82 Å². The molecule has 0 aliphatic heterocycles. The van der Waals surface area contributed by atoms with Crippen LogP contribution in [-0.4, -0.2) is 12.3 Å². The van der Waals surface area contributed by atoms with E-state index in [4.69, 9.17) is 0 Å². The summed E-state index contributed by atoms with van der Waals surface area (Å²) >= 11 is 1.71. The summed E-state index contributed by atoms with van der Waals surface area (Å²) in [6.45, 7) is 2.11. The maximum Gasteiger partial charge on any atom is 0.192 e. The van der Waals surface area contributed by atoms with Crippen LogP contribution in [0.2, 0.25) is 6.82 Å². The first kappa shape index (κ1) is 4.84. The van der Waals surface area contributed by atoms with E-state index in [-0.39, 0.29) is 0 Å². The van der Waals surface area contributed by atoms with E-state index in [2.05, 4.69) is 11.8 Å². The molecule has 1 nitrogen and oxygen atoms in total. The van der Waals surface area contributed by atoms with Gasteiger partial charge in [0.05, 0.1) is 0 Å². The van der Waals surface area contributed by atoms with Crippen LogP contribution in [0.15, 0.2) is 11.6 Å². The van der Waals surface area contributed by atoms with Gasteiger partial charge in [0.15, 0.2) is 7.28 Å². The molecule has 0 aliphatic rings. The van der Waals surface area contributed by atoms with Crippen molar-refractivity contribution in [2.24, 2.45) is 0 Å². The molecule has 0 saturated heterocycles. The van der Waals surface area contributed by atoms with Gasteiger partial charge < -0.3 is 0 Å². The molecule has 1 aromatic rings. The molecule has 0 atom stereocenters. The maximum atomic E-state index is 4.05. The van der Waals surface area contributed by atoms with Crippen molar-refractivity contribution in [2.75, 3.05) is 0 Å². The predicted molar refractivity (Wildman–Crippen MR) is 34.8 cm³/mol. The first-order valence-electron chi connectivity index (χ1n) is 2.32. The van der Waals surface area contributed by atoms with Gasteiger partial charge in [-0.25, -0.2) is 0 Å². The van der Waals surface area contributed by atoms with Crippen LogP contribution >= 0.6 is 11.3 Å². The average Bonchev–Trinajstić information content (AvgIpc) is 2.14.